The van der Waals surface area contributed by atoms with E-state index in [1.54, 1.807) is 0 Å². The number of rotatable bonds is 6. The van der Waals surface area contributed by atoms with Crippen LogP contribution in [0.4, 0.5) is 4.39 Å². The summed E-state index contributed by atoms with van der Waals surface area (Å²) < 4.78 is 18.2. The van der Waals surface area contributed by atoms with Gasteiger partial charge in [-0.1, -0.05) is 30.3 Å². The molecule has 4 heteroatoms. The summed E-state index contributed by atoms with van der Waals surface area (Å²) in [6, 6.07) is 15.7. The van der Waals surface area contributed by atoms with E-state index in [1.807, 2.05) is 30.3 Å². The number of carbonyl (C=O) groups is 1. The predicted octanol–water partition coefficient (Wildman–Crippen LogP) is 3.47. The Hall–Kier alpha value is -2.36. The lowest BCUT2D eigenvalue weighted by Gasteiger charge is -2.19. The van der Waals surface area contributed by atoms with E-state index in [4.69, 9.17) is 4.74 Å². The van der Waals surface area contributed by atoms with Crippen LogP contribution in [0.3, 0.4) is 0 Å². The molecule has 1 aliphatic rings. The number of amides is 1. The summed E-state index contributed by atoms with van der Waals surface area (Å²) in [5, 5.41) is 3.04. The molecule has 1 fully saturated rings. The number of ether oxygens (including phenoxy) is 1. The van der Waals surface area contributed by atoms with Gasteiger partial charge in [-0.15, -0.1) is 0 Å². The lowest BCUT2D eigenvalue weighted by atomic mass is 10.0. The smallest absolute Gasteiger partial charge is 0.258 e. The molecular weight excluding hydrogens is 281 g/mol. The van der Waals surface area contributed by atoms with Gasteiger partial charge in [0.2, 0.25) is 0 Å². The van der Waals surface area contributed by atoms with E-state index >= 15 is 0 Å². The lowest BCUT2D eigenvalue weighted by Crippen LogP contribution is -2.33. The number of carbonyl (C=O) groups excluding carboxylic acids is 1. The molecule has 2 aromatic carbocycles. The van der Waals surface area contributed by atoms with Crippen LogP contribution in [0, 0.1) is 11.7 Å². The Morgan fingerprint density at radius 3 is 2.45 bits per heavy atom. The van der Waals surface area contributed by atoms with Crippen LogP contribution in [0.15, 0.2) is 54.6 Å². The average Bonchev–Trinajstić information content (AvgIpc) is 3.38. The zero-order valence-electron chi connectivity index (χ0n) is 12.2. The molecule has 1 amide bonds. The molecule has 1 N–H and O–H groups in total. The molecule has 0 radical (unpaired) electrons. The third-order valence-electron chi connectivity index (χ3n) is 3.75. The number of hydrogen-bond acceptors (Lipinski definition) is 2. The molecule has 3 nitrogen and oxygen atoms in total. The van der Waals surface area contributed by atoms with Gasteiger partial charge in [0, 0.05) is 0 Å². The van der Waals surface area contributed by atoms with Gasteiger partial charge in [0.05, 0.1) is 6.04 Å². The normalized spacial score (nSPS) is 15.1. The second kappa shape index (κ2) is 6.60. The lowest BCUT2D eigenvalue weighted by molar-refractivity contribution is -0.124. The van der Waals surface area contributed by atoms with Crippen LogP contribution >= 0.6 is 0 Å². The average molecular weight is 299 g/mol. The molecule has 0 saturated heterocycles. The van der Waals surface area contributed by atoms with Gasteiger partial charge in [-0.05, 0) is 48.6 Å². The number of benzene rings is 2. The third kappa shape index (κ3) is 3.85. The van der Waals surface area contributed by atoms with Crippen molar-refractivity contribution in [2.24, 2.45) is 5.92 Å². The third-order valence-corrected chi connectivity index (χ3v) is 3.75. The Balaban J connectivity index is 1.56. The minimum atomic E-state index is -0.324. The number of nitrogens with one attached hydrogen (secondary N) is 1. The minimum absolute atomic E-state index is 0.0468. The summed E-state index contributed by atoms with van der Waals surface area (Å²) in [6.07, 6.45) is 2.28. The first-order valence-corrected chi connectivity index (χ1v) is 7.45. The summed E-state index contributed by atoms with van der Waals surface area (Å²) in [6.45, 7) is -0.0678. The molecule has 0 spiro atoms. The standard InChI is InChI=1S/C18H18FNO2/c19-15-8-10-16(11-9-15)22-12-17(21)20-18(14-6-7-14)13-4-2-1-3-5-13/h1-5,8-11,14,18H,6-7,12H2,(H,20,21)/t18-/m0/s1. The first-order valence-electron chi connectivity index (χ1n) is 7.45. The van der Waals surface area contributed by atoms with E-state index < -0.39 is 0 Å². The fourth-order valence-corrected chi connectivity index (χ4v) is 2.46. The van der Waals surface area contributed by atoms with E-state index in [0.29, 0.717) is 11.7 Å². The number of hydrogen-bond donors (Lipinski definition) is 1. The molecule has 2 aromatic rings. The molecule has 114 valence electrons. The summed E-state index contributed by atoms with van der Waals surface area (Å²) in [4.78, 5) is 12.1. The van der Waals surface area contributed by atoms with E-state index in [2.05, 4.69) is 5.32 Å². The topological polar surface area (TPSA) is 38.3 Å². The van der Waals surface area contributed by atoms with Gasteiger partial charge in [0.1, 0.15) is 11.6 Å². The van der Waals surface area contributed by atoms with Crippen LogP contribution in [-0.2, 0) is 4.79 Å². The van der Waals surface area contributed by atoms with Gasteiger partial charge >= 0.3 is 0 Å². The van der Waals surface area contributed by atoms with Crippen molar-refractivity contribution in [2.45, 2.75) is 18.9 Å². The van der Waals surface area contributed by atoms with Gasteiger partial charge in [-0.2, -0.15) is 0 Å². The quantitative estimate of drug-likeness (QED) is 0.887. The molecule has 0 aliphatic heterocycles. The Bertz CT molecular complexity index is 623. The van der Waals surface area contributed by atoms with Gasteiger partial charge in [-0.3, -0.25) is 4.79 Å². The highest BCUT2D eigenvalue weighted by Crippen LogP contribution is 2.40. The Kier molecular flexibility index (Phi) is 4.37. The molecule has 1 aliphatic carbocycles. The van der Waals surface area contributed by atoms with Crippen molar-refractivity contribution >= 4 is 5.91 Å². The molecule has 1 saturated carbocycles. The van der Waals surface area contributed by atoms with E-state index in [-0.39, 0.29) is 24.4 Å². The second-order valence-corrected chi connectivity index (χ2v) is 5.54. The van der Waals surface area contributed by atoms with Crippen molar-refractivity contribution < 1.29 is 13.9 Å². The highest BCUT2D eigenvalue weighted by Gasteiger charge is 2.33. The molecule has 22 heavy (non-hydrogen) atoms. The van der Waals surface area contributed by atoms with Crippen molar-refractivity contribution in [1.82, 2.24) is 5.32 Å². The first-order chi connectivity index (χ1) is 10.7. The van der Waals surface area contributed by atoms with Crippen molar-refractivity contribution in [1.29, 1.82) is 0 Å². The van der Waals surface area contributed by atoms with Crippen molar-refractivity contribution in [3.8, 4) is 5.75 Å². The maximum atomic E-state index is 12.8. The van der Waals surface area contributed by atoms with Crippen molar-refractivity contribution in [2.75, 3.05) is 6.61 Å². The first kappa shape index (κ1) is 14.6. The fraction of sp³-hybridized carbons (Fsp3) is 0.278. The fourth-order valence-electron chi connectivity index (χ4n) is 2.46. The Morgan fingerprint density at radius 1 is 1.14 bits per heavy atom. The molecule has 0 unspecified atom stereocenters. The van der Waals surface area contributed by atoms with Gasteiger partial charge in [0.25, 0.3) is 5.91 Å². The van der Waals surface area contributed by atoms with Crippen LogP contribution in [0.2, 0.25) is 0 Å². The number of halogens is 1. The summed E-state index contributed by atoms with van der Waals surface area (Å²) in [5.74, 6) is 0.510. The van der Waals surface area contributed by atoms with E-state index in [1.165, 1.54) is 24.3 Å². The molecule has 0 heterocycles. The monoisotopic (exact) mass is 299 g/mol. The molecule has 0 bridgehead atoms. The van der Waals surface area contributed by atoms with Crippen LogP contribution in [-0.4, -0.2) is 12.5 Å². The zero-order chi connectivity index (χ0) is 15.4. The SMILES string of the molecule is O=C(COc1ccc(F)cc1)N[C@@H](c1ccccc1)C1CC1. The molecule has 0 aromatic heterocycles. The van der Waals surface area contributed by atoms with Crippen LogP contribution < -0.4 is 10.1 Å². The van der Waals surface area contributed by atoms with Gasteiger partial charge < -0.3 is 10.1 Å². The Labute approximate surface area is 129 Å². The maximum absolute atomic E-state index is 12.8. The highest BCUT2D eigenvalue weighted by atomic mass is 19.1. The Morgan fingerprint density at radius 2 is 1.82 bits per heavy atom. The second-order valence-electron chi connectivity index (χ2n) is 5.54. The summed E-state index contributed by atoms with van der Waals surface area (Å²) in [5.41, 5.74) is 1.13. The molecular formula is C18H18FNO2. The van der Waals surface area contributed by atoms with Gasteiger partial charge in [-0.25, -0.2) is 4.39 Å². The maximum Gasteiger partial charge on any atom is 0.258 e. The van der Waals surface area contributed by atoms with Crippen LogP contribution in [0.25, 0.3) is 0 Å². The highest BCUT2D eigenvalue weighted by molar-refractivity contribution is 5.78. The molecule has 3 rings (SSSR count). The summed E-state index contributed by atoms with van der Waals surface area (Å²) >= 11 is 0. The summed E-state index contributed by atoms with van der Waals surface area (Å²) in [7, 11) is 0. The van der Waals surface area contributed by atoms with Crippen LogP contribution in [0.5, 0.6) is 5.75 Å². The van der Waals surface area contributed by atoms with Crippen LogP contribution in [0.1, 0.15) is 24.4 Å². The van der Waals surface area contributed by atoms with Crippen molar-refractivity contribution in [3.05, 3.63) is 66.0 Å². The van der Waals surface area contributed by atoms with E-state index in [0.717, 1.165) is 18.4 Å². The predicted molar refractivity (Wildman–Crippen MR) is 81.9 cm³/mol. The minimum Gasteiger partial charge on any atom is -0.484 e. The van der Waals surface area contributed by atoms with E-state index in [9.17, 15) is 9.18 Å². The van der Waals surface area contributed by atoms with Crippen molar-refractivity contribution in [3.63, 3.8) is 0 Å². The zero-order valence-corrected chi connectivity index (χ0v) is 12.2. The van der Waals surface area contributed by atoms with Gasteiger partial charge in [0.15, 0.2) is 6.61 Å². The molecule has 1 atom stereocenters. The largest absolute Gasteiger partial charge is 0.484 e.